The molecule has 1 aliphatic heterocycles. The molecule has 1 heterocycles. The van der Waals surface area contributed by atoms with E-state index in [4.69, 9.17) is 0 Å². The molecule has 0 saturated carbocycles. The second-order valence-corrected chi connectivity index (χ2v) is 1.98. The fraction of sp³-hybridized carbons (Fsp3) is 0.800. The van der Waals surface area contributed by atoms with Gasteiger partial charge >= 0.3 is 6.36 Å². The van der Waals surface area contributed by atoms with Gasteiger partial charge in [-0.15, -0.1) is 13.2 Å². The molecule has 1 radical (unpaired) electrons. The number of rotatable bonds is 2. The summed E-state index contributed by atoms with van der Waals surface area (Å²) in [6.07, 6.45) is -4.51. The molecule has 1 saturated heterocycles. The Bertz CT molecular complexity index is 108. The minimum absolute atomic E-state index is 0.302. The van der Waals surface area contributed by atoms with Gasteiger partial charge in [-0.25, -0.2) is 0 Å². The van der Waals surface area contributed by atoms with Crippen molar-refractivity contribution in [3.63, 3.8) is 0 Å². The minimum Gasteiger partial charge on any atom is -0.380 e. The van der Waals surface area contributed by atoms with Crippen molar-refractivity contribution in [2.75, 3.05) is 19.8 Å². The van der Waals surface area contributed by atoms with E-state index in [1.54, 1.807) is 0 Å². The second-order valence-electron chi connectivity index (χ2n) is 1.98. The topological polar surface area (TPSA) is 18.5 Å². The summed E-state index contributed by atoms with van der Waals surface area (Å²) in [5.41, 5.74) is 0. The summed E-state index contributed by atoms with van der Waals surface area (Å²) in [5.74, 6) is 0.650. The molecule has 10 heavy (non-hydrogen) atoms. The third-order valence-electron chi connectivity index (χ3n) is 1.05. The first-order valence-corrected chi connectivity index (χ1v) is 2.70. The van der Waals surface area contributed by atoms with Crippen molar-refractivity contribution in [2.45, 2.75) is 6.36 Å². The van der Waals surface area contributed by atoms with Gasteiger partial charge in [0.2, 0.25) is 0 Å². The predicted octanol–water partition coefficient (Wildman–Crippen LogP) is 1.13. The number of alkyl halides is 3. The molecule has 0 atom stereocenters. The number of halogens is 3. The Kier molecular flexibility index (Phi) is 2.15. The van der Waals surface area contributed by atoms with Crippen LogP contribution in [-0.2, 0) is 9.47 Å². The Hall–Kier alpha value is -0.290. The molecular formula is C5H6F3O2. The van der Waals surface area contributed by atoms with E-state index in [2.05, 4.69) is 9.47 Å². The van der Waals surface area contributed by atoms with Gasteiger partial charge in [-0.3, -0.25) is 4.74 Å². The molecule has 0 aromatic carbocycles. The lowest BCUT2D eigenvalue weighted by Gasteiger charge is -2.24. The average molecular weight is 155 g/mol. The number of ether oxygens (including phenoxy) is 2. The maximum Gasteiger partial charge on any atom is 0.522 e. The van der Waals surface area contributed by atoms with Crippen LogP contribution in [0.15, 0.2) is 0 Å². The highest BCUT2D eigenvalue weighted by atomic mass is 19.4. The van der Waals surface area contributed by atoms with Crippen molar-refractivity contribution in [3.05, 3.63) is 5.92 Å². The van der Waals surface area contributed by atoms with Crippen molar-refractivity contribution in [1.82, 2.24) is 0 Å². The standard InChI is InChI=1S/C5H6F3O2/c6-5(7,8)10-3-4-1-9-2-4/h1-3H2. The van der Waals surface area contributed by atoms with E-state index in [1.807, 2.05) is 0 Å². The third kappa shape index (κ3) is 2.53. The van der Waals surface area contributed by atoms with Crippen LogP contribution < -0.4 is 0 Å². The van der Waals surface area contributed by atoms with E-state index in [0.717, 1.165) is 0 Å². The molecule has 2 nitrogen and oxygen atoms in total. The lowest BCUT2D eigenvalue weighted by atomic mass is 10.1. The van der Waals surface area contributed by atoms with Crippen LogP contribution in [0.2, 0.25) is 0 Å². The zero-order chi connectivity index (χ0) is 7.61. The maximum absolute atomic E-state index is 11.3. The van der Waals surface area contributed by atoms with Gasteiger partial charge in [-0.2, -0.15) is 0 Å². The zero-order valence-corrected chi connectivity index (χ0v) is 5.07. The van der Waals surface area contributed by atoms with Gasteiger partial charge in [0.25, 0.3) is 0 Å². The molecular weight excluding hydrogens is 149 g/mol. The molecule has 1 rings (SSSR count). The van der Waals surface area contributed by atoms with E-state index in [9.17, 15) is 13.2 Å². The van der Waals surface area contributed by atoms with E-state index < -0.39 is 6.36 Å². The van der Waals surface area contributed by atoms with Gasteiger partial charge in [0.1, 0.15) is 0 Å². The van der Waals surface area contributed by atoms with Crippen LogP contribution in [0, 0.1) is 5.92 Å². The molecule has 1 aliphatic rings. The highest BCUT2D eigenvalue weighted by Gasteiger charge is 2.32. The lowest BCUT2D eigenvalue weighted by Crippen LogP contribution is -2.31. The summed E-state index contributed by atoms with van der Waals surface area (Å²) >= 11 is 0. The van der Waals surface area contributed by atoms with Crippen LogP contribution in [0.5, 0.6) is 0 Å². The smallest absolute Gasteiger partial charge is 0.380 e. The fourth-order valence-electron chi connectivity index (χ4n) is 0.514. The van der Waals surface area contributed by atoms with Crippen LogP contribution in [0.4, 0.5) is 13.2 Å². The van der Waals surface area contributed by atoms with Crippen LogP contribution in [-0.4, -0.2) is 26.2 Å². The minimum atomic E-state index is -4.51. The van der Waals surface area contributed by atoms with Crippen LogP contribution in [0.1, 0.15) is 0 Å². The third-order valence-corrected chi connectivity index (χ3v) is 1.05. The van der Waals surface area contributed by atoms with Crippen molar-refractivity contribution >= 4 is 0 Å². The largest absolute Gasteiger partial charge is 0.522 e. The van der Waals surface area contributed by atoms with Gasteiger partial charge in [-0.1, -0.05) is 0 Å². The number of hydrogen-bond donors (Lipinski definition) is 0. The lowest BCUT2D eigenvalue weighted by molar-refractivity contribution is -0.325. The predicted molar refractivity (Wildman–Crippen MR) is 26.1 cm³/mol. The highest BCUT2D eigenvalue weighted by Crippen LogP contribution is 2.20. The Morgan fingerprint density at radius 1 is 1.40 bits per heavy atom. The summed E-state index contributed by atoms with van der Waals surface area (Å²) in [7, 11) is 0. The Morgan fingerprint density at radius 2 is 2.00 bits per heavy atom. The fourth-order valence-corrected chi connectivity index (χ4v) is 0.514. The Balaban J connectivity index is 2.04. The average Bonchev–Trinajstić information content (AvgIpc) is 1.56. The molecule has 0 bridgehead atoms. The Morgan fingerprint density at radius 3 is 2.30 bits per heavy atom. The van der Waals surface area contributed by atoms with Gasteiger partial charge < -0.3 is 4.74 Å². The zero-order valence-electron chi connectivity index (χ0n) is 5.07. The van der Waals surface area contributed by atoms with Crippen molar-refractivity contribution < 1.29 is 22.6 Å². The molecule has 1 fully saturated rings. The Labute approximate surface area is 55.9 Å². The molecule has 0 amide bonds. The molecule has 59 valence electrons. The van der Waals surface area contributed by atoms with Crippen molar-refractivity contribution in [1.29, 1.82) is 0 Å². The summed E-state index contributed by atoms with van der Waals surface area (Å²) < 4.78 is 42.0. The first-order chi connectivity index (χ1) is 4.58. The van der Waals surface area contributed by atoms with E-state index >= 15 is 0 Å². The molecule has 0 aromatic heterocycles. The van der Waals surface area contributed by atoms with Crippen molar-refractivity contribution in [3.8, 4) is 0 Å². The highest BCUT2D eigenvalue weighted by molar-refractivity contribution is 4.96. The summed E-state index contributed by atoms with van der Waals surface area (Å²) in [6.45, 7) is 0.246. The summed E-state index contributed by atoms with van der Waals surface area (Å²) in [6, 6.07) is 0. The molecule has 0 aliphatic carbocycles. The van der Waals surface area contributed by atoms with E-state index in [-0.39, 0.29) is 6.61 Å². The molecule has 0 unspecified atom stereocenters. The monoisotopic (exact) mass is 155 g/mol. The summed E-state index contributed by atoms with van der Waals surface area (Å²) in [5, 5.41) is 0. The van der Waals surface area contributed by atoms with Crippen LogP contribution in [0.3, 0.4) is 0 Å². The summed E-state index contributed by atoms with van der Waals surface area (Å²) in [4.78, 5) is 0. The first kappa shape index (κ1) is 7.81. The van der Waals surface area contributed by atoms with Gasteiger partial charge in [-0.05, 0) is 0 Å². The van der Waals surface area contributed by atoms with Gasteiger partial charge in [0.05, 0.1) is 25.7 Å². The normalized spacial score (nSPS) is 20.7. The molecule has 0 aromatic rings. The maximum atomic E-state index is 11.3. The van der Waals surface area contributed by atoms with Gasteiger partial charge in [0.15, 0.2) is 0 Å². The molecule has 0 spiro atoms. The van der Waals surface area contributed by atoms with E-state index in [1.165, 1.54) is 0 Å². The second kappa shape index (κ2) is 2.75. The SMILES string of the molecule is FC(F)(F)OC[C]1COC1. The van der Waals surface area contributed by atoms with Crippen LogP contribution >= 0.6 is 0 Å². The van der Waals surface area contributed by atoms with Crippen LogP contribution in [0.25, 0.3) is 0 Å². The van der Waals surface area contributed by atoms with E-state index in [0.29, 0.717) is 19.1 Å². The van der Waals surface area contributed by atoms with Crippen molar-refractivity contribution in [2.24, 2.45) is 0 Å². The molecule has 5 heteroatoms. The molecule has 0 N–H and O–H groups in total. The van der Waals surface area contributed by atoms with Gasteiger partial charge in [0, 0.05) is 0 Å². The first-order valence-electron chi connectivity index (χ1n) is 2.70. The quantitative estimate of drug-likeness (QED) is 0.595. The number of hydrogen-bond acceptors (Lipinski definition) is 2.